The molecule has 1 aliphatic heterocycles. The topological polar surface area (TPSA) is 85.6 Å². The first-order valence-corrected chi connectivity index (χ1v) is 8.32. The lowest BCUT2D eigenvalue weighted by Crippen LogP contribution is -2.35. The molecule has 26 heavy (non-hydrogen) atoms. The molecule has 7 nitrogen and oxygen atoms in total. The van der Waals surface area contributed by atoms with E-state index in [9.17, 15) is 4.79 Å². The summed E-state index contributed by atoms with van der Waals surface area (Å²) in [6.45, 7) is 1.25. The molecule has 1 amide bonds. The van der Waals surface area contributed by atoms with Crippen molar-refractivity contribution in [3.63, 3.8) is 0 Å². The molecular weight excluding hydrogens is 328 g/mol. The van der Waals surface area contributed by atoms with Crippen LogP contribution >= 0.6 is 0 Å². The number of hydrogen-bond donors (Lipinski definition) is 1. The van der Waals surface area contributed by atoms with E-state index in [2.05, 4.69) is 25.4 Å². The summed E-state index contributed by atoms with van der Waals surface area (Å²) in [7, 11) is 0. The van der Waals surface area contributed by atoms with E-state index in [4.69, 9.17) is 0 Å². The van der Waals surface area contributed by atoms with E-state index in [1.54, 1.807) is 29.2 Å². The van der Waals surface area contributed by atoms with Crippen LogP contribution < -0.4 is 5.32 Å². The lowest BCUT2D eigenvalue weighted by atomic mass is 10.1. The summed E-state index contributed by atoms with van der Waals surface area (Å²) in [6, 6.07) is 13.5. The number of aromatic nitrogens is 5. The fourth-order valence-electron chi connectivity index (χ4n) is 3.09. The van der Waals surface area contributed by atoms with Gasteiger partial charge in [-0.1, -0.05) is 18.2 Å². The summed E-state index contributed by atoms with van der Waals surface area (Å²) in [4.78, 5) is 25.4. The van der Waals surface area contributed by atoms with Crippen molar-refractivity contribution in [1.29, 1.82) is 0 Å². The maximum absolute atomic E-state index is 11.9. The molecule has 0 fully saturated rings. The van der Waals surface area contributed by atoms with E-state index in [0.29, 0.717) is 36.0 Å². The first-order valence-electron chi connectivity index (χ1n) is 8.32. The molecule has 0 saturated carbocycles. The van der Waals surface area contributed by atoms with Gasteiger partial charge in [0.05, 0.1) is 17.8 Å². The van der Waals surface area contributed by atoms with Gasteiger partial charge in [-0.05, 0) is 24.3 Å². The Labute approximate surface area is 148 Å². The molecule has 3 aromatic heterocycles. The number of nitrogens with zero attached hydrogens (tertiary/aromatic N) is 5. The van der Waals surface area contributed by atoms with Crippen LogP contribution in [0.4, 0.5) is 0 Å². The molecule has 0 bridgehead atoms. The van der Waals surface area contributed by atoms with Gasteiger partial charge in [0, 0.05) is 29.9 Å². The molecule has 1 N–H and O–H groups in total. The van der Waals surface area contributed by atoms with Crippen LogP contribution in [0.5, 0.6) is 0 Å². The number of rotatable bonds is 2. The van der Waals surface area contributed by atoms with E-state index in [1.165, 1.54) is 0 Å². The third kappa shape index (κ3) is 2.41. The van der Waals surface area contributed by atoms with E-state index >= 15 is 0 Å². The van der Waals surface area contributed by atoms with Crippen molar-refractivity contribution >= 4 is 16.8 Å². The summed E-state index contributed by atoms with van der Waals surface area (Å²) >= 11 is 0. The predicted molar refractivity (Wildman–Crippen MR) is 96.3 cm³/mol. The van der Waals surface area contributed by atoms with Crippen LogP contribution in [0.1, 0.15) is 10.5 Å². The van der Waals surface area contributed by atoms with E-state index in [-0.39, 0.29) is 5.91 Å². The third-order valence-corrected chi connectivity index (χ3v) is 4.39. The van der Waals surface area contributed by atoms with Gasteiger partial charge in [0.1, 0.15) is 11.4 Å². The van der Waals surface area contributed by atoms with Gasteiger partial charge in [-0.3, -0.25) is 14.5 Å². The molecular formula is C19H14N6O. The average Bonchev–Trinajstić information content (AvgIpc) is 3.14. The molecule has 1 aliphatic rings. The molecule has 7 heteroatoms. The number of hydrogen-bond acceptors (Lipinski definition) is 5. The van der Waals surface area contributed by atoms with Crippen LogP contribution in [0.2, 0.25) is 0 Å². The zero-order valence-corrected chi connectivity index (χ0v) is 13.8. The van der Waals surface area contributed by atoms with Crippen LogP contribution in [0.15, 0.2) is 54.9 Å². The minimum Gasteiger partial charge on any atom is -0.349 e. The van der Waals surface area contributed by atoms with Crippen LogP contribution in [0.3, 0.4) is 0 Å². The van der Waals surface area contributed by atoms with Crippen LogP contribution in [-0.4, -0.2) is 37.2 Å². The second kappa shape index (κ2) is 5.73. The Morgan fingerprint density at radius 1 is 1.04 bits per heavy atom. The molecule has 4 aromatic rings. The van der Waals surface area contributed by atoms with Gasteiger partial charge in [0.2, 0.25) is 0 Å². The van der Waals surface area contributed by atoms with Crippen molar-refractivity contribution in [1.82, 2.24) is 30.0 Å². The smallest absolute Gasteiger partial charge is 0.269 e. The molecule has 1 aromatic carbocycles. The van der Waals surface area contributed by atoms with Gasteiger partial charge in [-0.15, -0.1) is 0 Å². The minimum absolute atomic E-state index is 0.108. The molecule has 126 valence electrons. The standard InChI is InChI=1S/C19H14N6O/c26-19-17-10-16(24-25(17)8-7-21-19)15-5-6-20-18(23-15)13-9-12-3-1-2-4-14(12)22-11-13/h1-6,9-11H,7-8H2,(H,21,26). The molecule has 4 heterocycles. The van der Waals surface area contributed by atoms with Crippen molar-refractivity contribution in [3.05, 3.63) is 60.6 Å². The number of nitrogens with one attached hydrogen (secondary N) is 1. The molecule has 0 unspecified atom stereocenters. The van der Waals surface area contributed by atoms with Gasteiger partial charge in [0.15, 0.2) is 5.82 Å². The lowest BCUT2D eigenvalue weighted by molar-refractivity contribution is 0.0924. The number of benzene rings is 1. The number of amides is 1. The quantitative estimate of drug-likeness (QED) is 0.604. The monoisotopic (exact) mass is 342 g/mol. The summed E-state index contributed by atoms with van der Waals surface area (Å²) in [5.41, 5.74) is 3.67. The van der Waals surface area contributed by atoms with Crippen LogP contribution in [0.25, 0.3) is 33.7 Å². The number of carbonyl (C=O) groups excluding carboxylic acids is 1. The molecule has 5 rings (SSSR count). The number of carbonyl (C=O) groups is 1. The Morgan fingerprint density at radius 2 is 1.96 bits per heavy atom. The SMILES string of the molecule is O=C1NCCn2nc(-c3ccnc(-c4cnc5ccccc5c4)n3)cc21. The first-order chi connectivity index (χ1) is 12.8. The number of pyridine rings is 1. The second-order valence-corrected chi connectivity index (χ2v) is 6.08. The Balaban J connectivity index is 1.57. The van der Waals surface area contributed by atoms with Gasteiger partial charge >= 0.3 is 0 Å². The van der Waals surface area contributed by atoms with Crippen molar-refractivity contribution < 1.29 is 4.79 Å². The Bertz CT molecular complexity index is 1150. The minimum atomic E-state index is -0.108. The fourth-order valence-corrected chi connectivity index (χ4v) is 3.09. The second-order valence-electron chi connectivity index (χ2n) is 6.08. The third-order valence-electron chi connectivity index (χ3n) is 4.39. The summed E-state index contributed by atoms with van der Waals surface area (Å²) in [5, 5.41) is 8.36. The van der Waals surface area contributed by atoms with Crippen molar-refractivity contribution in [3.8, 4) is 22.8 Å². The van der Waals surface area contributed by atoms with Gasteiger partial charge in [0.25, 0.3) is 5.91 Å². The summed E-state index contributed by atoms with van der Waals surface area (Å²) < 4.78 is 1.72. The number of para-hydroxylation sites is 1. The maximum atomic E-state index is 11.9. The Kier molecular flexibility index (Phi) is 3.24. The highest BCUT2D eigenvalue weighted by Gasteiger charge is 2.20. The number of fused-ring (bicyclic) bond motifs is 2. The Hall–Kier alpha value is -3.61. The average molecular weight is 342 g/mol. The van der Waals surface area contributed by atoms with Gasteiger partial charge < -0.3 is 5.32 Å². The molecule has 0 aliphatic carbocycles. The maximum Gasteiger partial charge on any atom is 0.269 e. The van der Waals surface area contributed by atoms with Crippen molar-refractivity contribution in [2.75, 3.05) is 6.54 Å². The highest BCUT2D eigenvalue weighted by Crippen LogP contribution is 2.23. The molecule has 0 saturated heterocycles. The van der Waals surface area contributed by atoms with E-state index < -0.39 is 0 Å². The fraction of sp³-hybridized carbons (Fsp3) is 0.105. The zero-order chi connectivity index (χ0) is 17.5. The van der Waals surface area contributed by atoms with Crippen molar-refractivity contribution in [2.45, 2.75) is 6.54 Å². The summed E-state index contributed by atoms with van der Waals surface area (Å²) in [6.07, 6.45) is 3.47. The van der Waals surface area contributed by atoms with Crippen LogP contribution in [0, 0.1) is 0 Å². The van der Waals surface area contributed by atoms with Gasteiger partial charge in [-0.25, -0.2) is 9.97 Å². The predicted octanol–water partition coefficient (Wildman–Crippen LogP) is 2.30. The normalized spacial score (nSPS) is 13.5. The highest BCUT2D eigenvalue weighted by atomic mass is 16.2. The summed E-state index contributed by atoms with van der Waals surface area (Å²) in [5.74, 6) is 0.471. The highest BCUT2D eigenvalue weighted by molar-refractivity contribution is 5.94. The van der Waals surface area contributed by atoms with E-state index in [0.717, 1.165) is 16.5 Å². The Morgan fingerprint density at radius 3 is 2.88 bits per heavy atom. The lowest BCUT2D eigenvalue weighted by Gasteiger charge is -2.13. The van der Waals surface area contributed by atoms with Gasteiger partial charge in [-0.2, -0.15) is 5.10 Å². The molecule has 0 spiro atoms. The molecule has 0 atom stereocenters. The first kappa shape index (κ1) is 14.7. The van der Waals surface area contributed by atoms with Crippen LogP contribution in [-0.2, 0) is 6.54 Å². The molecule has 0 radical (unpaired) electrons. The largest absolute Gasteiger partial charge is 0.349 e. The van der Waals surface area contributed by atoms with E-state index in [1.807, 2.05) is 30.3 Å². The zero-order valence-electron chi connectivity index (χ0n) is 13.8. The van der Waals surface area contributed by atoms with Crippen molar-refractivity contribution in [2.24, 2.45) is 0 Å².